The molecule has 1 N–H and O–H groups in total. The summed E-state index contributed by atoms with van der Waals surface area (Å²) in [4.78, 5) is 21.8. The second-order valence-corrected chi connectivity index (χ2v) is 4.37. The molecule has 0 spiro atoms. The molecular weight excluding hydrogens is 300 g/mol. The van der Waals surface area contributed by atoms with Crippen molar-refractivity contribution >= 4 is 17.8 Å². The molecule has 0 bridgehead atoms. The quantitative estimate of drug-likeness (QED) is 0.516. The van der Waals surface area contributed by atoms with Crippen LogP contribution in [0.5, 0.6) is 5.75 Å². The van der Waals surface area contributed by atoms with Crippen molar-refractivity contribution in [2.75, 3.05) is 0 Å². The van der Waals surface area contributed by atoms with Gasteiger partial charge in [0.15, 0.2) is 0 Å². The van der Waals surface area contributed by atoms with Crippen LogP contribution in [0.2, 0.25) is 0 Å². The fraction of sp³-hybridized carbons (Fsp3) is 0. The third kappa shape index (κ3) is 3.89. The van der Waals surface area contributed by atoms with Crippen molar-refractivity contribution in [1.29, 1.82) is 5.26 Å². The number of amides is 1. The lowest BCUT2D eigenvalue weighted by Crippen LogP contribution is -2.17. The van der Waals surface area contributed by atoms with Crippen molar-refractivity contribution in [3.8, 4) is 11.8 Å². The van der Waals surface area contributed by atoms with Crippen molar-refractivity contribution in [3.63, 3.8) is 0 Å². The molecule has 0 aliphatic rings. The van der Waals surface area contributed by atoms with E-state index >= 15 is 0 Å². The Kier molecular flexibility index (Phi) is 4.64. The topological polar surface area (TPSA) is 131 Å². The van der Waals surface area contributed by atoms with Crippen LogP contribution >= 0.6 is 0 Å². The Morgan fingerprint density at radius 1 is 1.26 bits per heavy atom. The predicted octanol–water partition coefficient (Wildman–Crippen LogP) is 1.30. The number of nitro groups is 1. The summed E-state index contributed by atoms with van der Waals surface area (Å²) in [5.41, 5.74) is 2.63. The molecular formula is C15H9N4O4-. The molecule has 2 aromatic carbocycles. The first-order chi connectivity index (χ1) is 11.0. The zero-order chi connectivity index (χ0) is 16.8. The first kappa shape index (κ1) is 15.7. The average Bonchev–Trinajstić information content (AvgIpc) is 2.56. The SMILES string of the molecule is N#Cc1ccc(C(=O)N/N=C\c2cc([N+](=O)[O-])ccc2[O-])cc1. The van der Waals surface area contributed by atoms with Gasteiger partial charge in [-0.2, -0.15) is 10.4 Å². The molecule has 0 saturated carbocycles. The molecule has 0 aromatic heterocycles. The molecule has 1 amide bonds. The summed E-state index contributed by atoms with van der Waals surface area (Å²) in [6.07, 6.45) is 1.04. The van der Waals surface area contributed by atoms with E-state index in [1.807, 2.05) is 6.07 Å². The summed E-state index contributed by atoms with van der Waals surface area (Å²) in [5.74, 6) is -0.990. The second-order valence-electron chi connectivity index (χ2n) is 4.37. The number of hydrogen-bond donors (Lipinski definition) is 1. The van der Waals surface area contributed by atoms with E-state index in [1.165, 1.54) is 24.3 Å². The van der Waals surface area contributed by atoms with E-state index in [1.54, 1.807) is 0 Å². The van der Waals surface area contributed by atoms with Gasteiger partial charge in [-0.25, -0.2) is 5.43 Å². The highest BCUT2D eigenvalue weighted by molar-refractivity contribution is 5.95. The first-order valence-electron chi connectivity index (χ1n) is 6.30. The first-order valence-corrected chi connectivity index (χ1v) is 6.30. The summed E-state index contributed by atoms with van der Waals surface area (Å²) in [6.45, 7) is 0. The maximum Gasteiger partial charge on any atom is 0.271 e. The molecule has 23 heavy (non-hydrogen) atoms. The molecule has 8 heteroatoms. The summed E-state index contributed by atoms with van der Waals surface area (Å²) in [5, 5.41) is 34.5. The van der Waals surface area contributed by atoms with Gasteiger partial charge in [0, 0.05) is 17.7 Å². The molecule has 2 aromatic rings. The molecule has 0 fully saturated rings. The van der Waals surface area contributed by atoms with Gasteiger partial charge in [0.05, 0.1) is 22.8 Å². The fourth-order valence-corrected chi connectivity index (χ4v) is 1.67. The zero-order valence-corrected chi connectivity index (χ0v) is 11.6. The summed E-state index contributed by atoms with van der Waals surface area (Å²) >= 11 is 0. The maximum atomic E-state index is 11.8. The number of rotatable bonds is 4. The van der Waals surface area contributed by atoms with Crippen LogP contribution < -0.4 is 10.5 Å². The minimum atomic E-state index is -0.633. The monoisotopic (exact) mass is 309 g/mol. The molecule has 0 aliphatic heterocycles. The predicted molar refractivity (Wildman–Crippen MR) is 78.8 cm³/mol. The molecule has 114 valence electrons. The van der Waals surface area contributed by atoms with Gasteiger partial charge >= 0.3 is 0 Å². The van der Waals surface area contributed by atoms with E-state index < -0.39 is 16.6 Å². The molecule has 8 nitrogen and oxygen atoms in total. The van der Waals surface area contributed by atoms with Crippen molar-refractivity contribution in [3.05, 3.63) is 69.3 Å². The number of non-ortho nitro benzene ring substituents is 1. The number of nitrogens with one attached hydrogen (secondary N) is 1. The minimum Gasteiger partial charge on any atom is -0.872 e. The van der Waals surface area contributed by atoms with Crippen molar-refractivity contribution < 1.29 is 14.8 Å². The van der Waals surface area contributed by atoms with Crippen LogP contribution in [0.4, 0.5) is 5.69 Å². The summed E-state index contributed by atoms with van der Waals surface area (Å²) in [7, 11) is 0. The van der Waals surface area contributed by atoms with Crippen LogP contribution in [-0.2, 0) is 0 Å². The van der Waals surface area contributed by atoms with Crippen molar-refractivity contribution in [1.82, 2.24) is 5.43 Å². The van der Waals surface area contributed by atoms with Gasteiger partial charge < -0.3 is 5.11 Å². The average molecular weight is 309 g/mol. The smallest absolute Gasteiger partial charge is 0.271 e. The van der Waals surface area contributed by atoms with Crippen LogP contribution in [0.1, 0.15) is 21.5 Å². The Bertz CT molecular complexity index is 822. The van der Waals surface area contributed by atoms with E-state index in [0.717, 1.165) is 24.4 Å². The summed E-state index contributed by atoms with van der Waals surface area (Å²) < 4.78 is 0. The third-order valence-electron chi connectivity index (χ3n) is 2.85. The molecule has 0 atom stereocenters. The van der Waals surface area contributed by atoms with Gasteiger partial charge in [-0.15, -0.1) is 0 Å². The Labute approximate surface area is 130 Å². The van der Waals surface area contributed by atoms with Crippen LogP contribution in [0.25, 0.3) is 0 Å². The third-order valence-corrected chi connectivity index (χ3v) is 2.85. The lowest BCUT2D eigenvalue weighted by atomic mass is 10.1. The van der Waals surface area contributed by atoms with Gasteiger partial charge in [-0.3, -0.25) is 14.9 Å². The van der Waals surface area contributed by atoms with Crippen molar-refractivity contribution in [2.45, 2.75) is 0 Å². The molecule has 0 saturated heterocycles. The van der Waals surface area contributed by atoms with Crippen LogP contribution in [0.3, 0.4) is 0 Å². The number of carbonyl (C=O) groups excluding carboxylic acids is 1. The number of carbonyl (C=O) groups is 1. The van der Waals surface area contributed by atoms with E-state index in [2.05, 4.69) is 10.5 Å². The van der Waals surface area contributed by atoms with E-state index in [4.69, 9.17) is 5.26 Å². The Hall–Kier alpha value is -3.73. The lowest BCUT2D eigenvalue weighted by Gasteiger charge is -2.08. The highest BCUT2D eigenvalue weighted by atomic mass is 16.6. The zero-order valence-electron chi connectivity index (χ0n) is 11.6. The minimum absolute atomic E-state index is 0.0145. The number of nitriles is 1. The highest BCUT2D eigenvalue weighted by Gasteiger charge is 2.06. The Morgan fingerprint density at radius 3 is 2.57 bits per heavy atom. The van der Waals surface area contributed by atoms with Gasteiger partial charge in [0.2, 0.25) is 0 Å². The van der Waals surface area contributed by atoms with Crippen LogP contribution in [-0.4, -0.2) is 17.0 Å². The largest absolute Gasteiger partial charge is 0.872 e. The molecule has 0 unspecified atom stereocenters. The number of benzene rings is 2. The molecule has 0 heterocycles. The van der Waals surface area contributed by atoms with E-state index in [-0.39, 0.29) is 16.8 Å². The second kappa shape index (κ2) is 6.82. The van der Waals surface area contributed by atoms with E-state index in [9.17, 15) is 20.0 Å². The van der Waals surface area contributed by atoms with Crippen LogP contribution in [0, 0.1) is 21.4 Å². The lowest BCUT2D eigenvalue weighted by molar-refractivity contribution is -0.385. The van der Waals surface area contributed by atoms with Gasteiger partial charge in [-0.05, 0) is 29.8 Å². The van der Waals surface area contributed by atoms with Gasteiger partial charge in [0.25, 0.3) is 11.6 Å². The summed E-state index contributed by atoms with van der Waals surface area (Å²) in [6, 6.07) is 11.0. The van der Waals surface area contributed by atoms with Gasteiger partial charge in [0.1, 0.15) is 0 Å². The van der Waals surface area contributed by atoms with Crippen molar-refractivity contribution in [2.24, 2.45) is 5.10 Å². The number of hydrogen-bond acceptors (Lipinski definition) is 6. The fourth-order valence-electron chi connectivity index (χ4n) is 1.67. The molecule has 2 rings (SSSR count). The normalized spacial score (nSPS) is 10.2. The van der Waals surface area contributed by atoms with Gasteiger partial charge in [-0.1, -0.05) is 11.8 Å². The number of hydrazone groups is 1. The standard InChI is InChI=1S/C15H10N4O4/c16-8-10-1-3-11(4-2-10)15(21)18-17-9-12-7-13(19(22)23)5-6-14(12)20/h1-7,9,20H,(H,18,21)/p-1/b17-9-. The highest BCUT2D eigenvalue weighted by Crippen LogP contribution is 2.18. The van der Waals surface area contributed by atoms with E-state index in [0.29, 0.717) is 5.56 Å². The Balaban J connectivity index is 2.09. The molecule has 0 radical (unpaired) electrons. The maximum absolute atomic E-state index is 11.8. The number of nitrogens with zero attached hydrogens (tertiary/aromatic N) is 3. The van der Waals surface area contributed by atoms with Crippen LogP contribution in [0.15, 0.2) is 47.6 Å². The number of nitro benzene ring substituents is 1. The molecule has 0 aliphatic carbocycles. The Morgan fingerprint density at radius 2 is 1.96 bits per heavy atom.